The highest BCUT2D eigenvalue weighted by molar-refractivity contribution is 5.97. The largest absolute Gasteiger partial charge is 0.294 e. The maximum Gasteiger partial charge on any atom is 0.170 e. The fourth-order valence-electron chi connectivity index (χ4n) is 2.73. The Balaban J connectivity index is 1.82. The zero-order chi connectivity index (χ0) is 14.1. The lowest BCUT2D eigenvalue weighted by Gasteiger charge is -2.06. The number of Topliss-reactive ketones (excluding diaryl/α,β-unsaturated/α-hetero) is 1. The van der Waals surface area contributed by atoms with Crippen LogP contribution in [0.1, 0.15) is 33.5 Å². The van der Waals surface area contributed by atoms with E-state index in [1.165, 1.54) is 17.2 Å². The van der Waals surface area contributed by atoms with Crippen LogP contribution < -0.4 is 0 Å². The van der Waals surface area contributed by atoms with E-state index in [0.717, 1.165) is 37.0 Å². The first-order valence-electron chi connectivity index (χ1n) is 6.72. The van der Waals surface area contributed by atoms with Crippen LogP contribution in [-0.2, 0) is 19.3 Å². The van der Waals surface area contributed by atoms with Gasteiger partial charge in [-0.15, -0.1) is 0 Å². The van der Waals surface area contributed by atoms with E-state index in [0.29, 0.717) is 0 Å². The smallest absolute Gasteiger partial charge is 0.170 e. The molecule has 0 atom stereocenters. The Kier molecular flexibility index (Phi) is 3.35. The Morgan fingerprint density at radius 3 is 2.60 bits per heavy atom. The fraction of sp³-hybridized carbons (Fsp3) is 0.235. The van der Waals surface area contributed by atoms with Crippen LogP contribution in [0.5, 0.6) is 0 Å². The Morgan fingerprint density at radius 2 is 1.80 bits per heavy atom. The van der Waals surface area contributed by atoms with Crippen molar-refractivity contribution in [3.8, 4) is 0 Å². The van der Waals surface area contributed by atoms with Crippen molar-refractivity contribution in [2.24, 2.45) is 0 Å². The van der Waals surface area contributed by atoms with Crippen LogP contribution in [-0.4, -0.2) is 5.78 Å². The number of benzene rings is 2. The molecule has 1 aliphatic rings. The molecule has 0 N–H and O–H groups in total. The van der Waals surface area contributed by atoms with Crippen molar-refractivity contribution in [2.45, 2.75) is 25.7 Å². The third-order valence-electron chi connectivity index (χ3n) is 3.76. The molecule has 0 bridgehead atoms. The Morgan fingerprint density at radius 1 is 1.00 bits per heavy atom. The van der Waals surface area contributed by atoms with Crippen LogP contribution in [0, 0.1) is 11.6 Å². The number of hydrogen-bond donors (Lipinski definition) is 0. The van der Waals surface area contributed by atoms with Gasteiger partial charge in [0.1, 0.15) is 11.6 Å². The summed E-state index contributed by atoms with van der Waals surface area (Å²) in [7, 11) is 0. The minimum atomic E-state index is -0.795. The molecule has 1 nitrogen and oxygen atoms in total. The normalized spacial score (nSPS) is 13.3. The second kappa shape index (κ2) is 5.16. The molecule has 0 aromatic heterocycles. The van der Waals surface area contributed by atoms with E-state index < -0.39 is 11.6 Å². The highest BCUT2D eigenvalue weighted by atomic mass is 19.1. The molecule has 0 saturated carbocycles. The molecule has 3 rings (SSSR count). The molecule has 0 saturated heterocycles. The molecule has 2 aromatic carbocycles. The number of fused-ring (bicyclic) bond motifs is 1. The van der Waals surface area contributed by atoms with Gasteiger partial charge in [0, 0.05) is 12.5 Å². The van der Waals surface area contributed by atoms with Crippen molar-refractivity contribution in [3.63, 3.8) is 0 Å². The summed E-state index contributed by atoms with van der Waals surface area (Å²) in [5.74, 6) is -1.78. The van der Waals surface area contributed by atoms with Crippen molar-refractivity contribution >= 4 is 5.78 Å². The van der Waals surface area contributed by atoms with Crippen LogP contribution in [0.4, 0.5) is 8.78 Å². The summed E-state index contributed by atoms with van der Waals surface area (Å²) in [6.07, 6.45) is 3.44. The number of rotatable bonds is 3. The number of hydrogen-bond acceptors (Lipinski definition) is 1. The first-order valence-corrected chi connectivity index (χ1v) is 6.72. The number of aryl methyl sites for hydroxylation is 2. The van der Waals surface area contributed by atoms with Gasteiger partial charge in [-0.1, -0.05) is 18.2 Å². The molecule has 1 aliphatic carbocycles. The van der Waals surface area contributed by atoms with Gasteiger partial charge in [0.2, 0.25) is 0 Å². The van der Waals surface area contributed by atoms with E-state index in [4.69, 9.17) is 0 Å². The highest BCUT2D eigenvalue weighted by Gasteiger charge is 2.15. The van der Waals surface area contributed by atoms with Gasteiger partial charge < -0.3 is 0 Å². The zero-order valence-corrected chi connectivity index (χ0v) is 11.0. The van der Waals surface area contributed by atoms with Crippen LogP contribution in [0.15, 0.2) is 36.4 Å². The predicted molar refractivity (Wildman–Crippen MR) is 72.9 cm³/mol. The topological polar surface area (TPSA) is 17.1 Å². The minimum Gasteiger partial charge on any atom is -0.294 e. The average molecular weight is 272 g/mol. The lowest BCUT2D eigenvalue weighted by molar-refractivity contribution is 0.0989. The lowest BCUT2D eigenvalue weighted by atomic mass is 9.99. The molecule has 0 radical (unpaired) electrons. The van der Waals surface area contributed by atoms with Gasteiger partial charge in [-0.2, -0.15) is 0 Å². The fourth-order valence-corrected chi connectivity index (χ4v) is 2.73. The molecule has 0 aliphatic heterocycles. The van der Waals surface area contributed by atoms with E-state index in [1.54, 1.807) is 0 Å². The van der Waals surface area contributed by atoms with E-state index in [-0.39, 0.29) is 17.8 Å². The maximum absolute atomic E-state index is 13.6. The Labute approximate surface area is 116 Å². The van der Waals surface area contributed by atoms with Gasteiger partial charge in [-0.25, -0.2) is 8.78 Å². The van der Waals surface area contributed by atoms with Gasteiger partial charge >= 0.3 is 0 Å². The summed E-state index contributed by atoms with van der Waals surface area (Å²) < 4.78 is 26.4. The van der Waals surface area contributed by atoms with Crippen LogP contribution in [0.25, 0.3) is 0 Å². The molecular formula is C17H14F2O. The predicted octanol–water partition coefficient (Wildman–Crippen LogP) is 3.88. The third kappa shape index (κ3) is 2.48. The monoisotopic (exact) mass is 272 g/mol. The molecule has 102 valence electrons. The third-order valence-corrected chi connectivity index (χ3v) is 3.76. The van der Waals surface area contributed by atoms with Crippen LogP contribution >= 0.6 is 0 Å². The molecule has 20 heavy (non-hydrogen) atoms. The van der Waals surface area contributed by atoms with Crippen molar-refractivity contribution in [1.82, 2.24) is 0 Å². The Bertz CT molecular complexity index is 677. The first kappa shape index (κ1) is 13.0. The van der Waals surface area contributed by atoms with E-state index in [1.807, 2.05) is 18.2 Å². The standard InChI is InChI=1S/C17H14F2O/c18-14-6-7-15(16(19)10-14)17(20)9-11-4-5-12-2-1-3-13(12)8-11/h4-8,10H,1-3,9H2. The van der Waals surface area contributed by atoms with Gasteiger partial charge in [0.25, 0.3) is 0 Å². The van der Waals surface area contributed by atoms with Gasteiger partial charge in [0.05, 0.1) is 5.56 Å². The number of carbonyl (C=O) groups excluding carboxylic acids is 1. The summed E-state index contributed by atoms with van der Waals surface area (Å²) in [6.45, 7) is 0. The van der Waals surface area contributed by atoms with Crippen molar-refractivity contribution in [3.05, 3.63) is 70.3 Å². The lowest BCUT2D eigenvalue weighted by Crippen LogP contribution is -2.07. The van der Waals surface area contributed by atoms with Crippen molar-refractivity contribution in [2.75, 3.05) is 0 Å². The zero-order valence-electron chi connectivity index (χ0n) is 11.0. The summed E-state index contributed by atoms with van der Waals surface area (Å²) in [5.41, 5.74) is 3.47. The van der Waals surface area contributed by atoms with Crippen LogP contribution in [0.2, 0.25) is 0 Å². The molecule has 2 aromatic rings. The van der Waals surface area contributed by atoms with Crippen LogP contribution in [0.3, 0.4) is 0 Å². The maximum atomic E-state index is 13.6. The molecule has 0 spiro atoms. The second-order valence-corrected chi connectivity index (χ2v) is 5.18. The number of halogens is 2. The average Bonchev–Trinajstić information content (AvgIpc) is 2.85. The van der Waals surface area contributed by atoms with Crippen molar-refractivity contribution < 1.29 is 13.6 Å². The molecule has 0 heterocycles. The summed E-state index contributed by atoms with van der Waals surface area (Å²) in [6, 6.07) is 9.06. The van der Waals surface area contributed by atoms with E-state index >= 15 is 0 Å². The Hall–Kier alpha value is -2.03. The summed E-state index contributed by atoms with van der Waals surface area (Å²) in [4.78, 5) is 12.1. The molecule has 0 amide bonds. The van der Waals surface area contributed by atoms with Gasteiger partial charge in [0.15, 0.2) is 5.78 Å². The van der Waals surface area contributed by atoms with Gasteiger partial charge in [-0.05, 0) is 48.1 Å². The quantitative estimate of drug-likeness (QED) is 0.775. The molecule has 3 heteroatoms. The number of carbonyl (C=O) groups is 1. The first-order chi connectivity index (χ1) is 9.63. The molecule has 0 unspecified atom stereocenters. The molecule has 0 fully saturated rings. The van der Waals surface area contributed by atoms with Crippen molar-refractivity contribution in [1.29, 1.82) is 0 Å². The molecular weight excluding hydrogens is 258 g/mol. The van der Waals surface area contributed by atoms with E-state index in [9.17, 15) is 13.6 Å². The number of ketones is 1. The SMILES string of the molecule is O=C(Cc1ccc2c(c1)CCC2)c1ccc(F)cc1F. The second-order valence-electron chi connectivity index (χ2n) is 5.18. The van der Waals surface area contributed by atoms with E-state index in [2.05, 4.69) is 0 Å². The minimum absolute atomic E-state index is 0.0492. The summed E-state index contributed by atoms with van der Waals surface area (Å²) in [5, 5.41) is 0. The summed E-state index contributed by atoms with van der Waals surface area (Å²) >= 11 is 0. The van der Waals surface area contributed by atoms with Gasteiger partial charge in [-0.3, -0.25) is 4.79 Å². The highest BCUT2D eigenvalue weighted by Crippen LogP contribution is 2.23.